The number of piperidine rings is 1. The van der Waals surface area contributed by atoms with E-state index in [0.29, 0.717) is 18.0 Å². The molecule has 7 heteroatoms. The molecule has 2 heterocycles. The molecule has 2 aromatic carbocycles. The molecule has 3 aromatic rings. The van der Waals surface area contributed by atoms with Gasteiger partial charge in [-0.2, -0.15) is 5.10 Å². The molecule has 1 fully saturated rings. The van der Waals surface area contributed by atoms with Crippen molar-refractivity contribution in [3.8, 4) is 11.4 Å². The van der Waals surface area contributed by atoms with Gasteiger partial charge in [0.1, 0.15) is 12.4 Å². The van der Waals surface area contributed by atoms with E-state index in [1.807, 2.05) is 45.6 Å². The summed E-state index contributed by atoms with van der Waals surface area (Å²) in [4.78, 5) is 2.28. The van der Waals surface area contributed by atoms with Crippen molar-refractivity contribution < 1.29 is 9.84 Å². The Morgan fingerprint density at radius 2 is 1.70 bits per heavy atom. The molecule has 1 aliphatic heterocycles. The van der Waals surface area contributed by atoms with Gasteiger partial charge < -0.3 is 9.84 Å². The largest absolute Gasteiger partial charge is 0.485 e. The van der Waals surface area contributed by atoms with Gasteiger partial charge >= 0.3 is 0 Å². The number of hydrogen-bond acceptors (Lipinski definition) is 5. The zero-order valence-corrected chi connectivity index (χ0v) is 18.3. The number of aromatic nitrogens is 3. The third kappa shape index (κ3) is 4.48. The summed E-state index contributed by atoms with van der Waals surface area (Å²) in [5.41, 5.74) is 3.18. The number of hydrogen-bond donors (Lipinski definition) is 1. The fraction of sp³-hybridized carbons (Fsp3) is 0.391. The van der Waals surface area contributed by atoms with E-state index in [9.17, 15) is 5.11 Å². The van der Waals surface area contributed by atoms with Gasteiger partial charge in [0, 0.05) is 18.8 Å². The normalized spacial score (nSPS) is 15.4. The van der Waals surface area contributed by atoms with Gasteiger partial charge in [-0.05, 0) is 62.2 Å². The molecule has 30 heavy (non-hydrogen) atoms. The van der Waals surface area contributed by atoms with Gasteiger partial charge in [0.25, 0.3) is 0 Å². The highest BCUT2D eigenvalue weighted by molar-refractivity contribution is 7.71. The van der Waals surface area contributed by atoms with Gasteiger partial charge in [-0.1, -0.05) is 36.4 Å². The molecule has 4 rings (SSSR count). The number of nitrogens with zero attached hydrogens (tertiary/aromatic N) is 4. The average molecular weight is 425 g/mol. The van der Waals surface area contributed by atoms with E-state index in [2.05, 4.69) is 30.9 Å². The highest BCUT2D eigenvalue weighted by Crippen LogP contribution is 2.24. The van der Waals surface area contributed by atoms with Crippen LogP contribution < -0.4 is 4.74 Å². The van der Waals surface area contributed by atoms with Gasteiger partial charge in [0.05, 0.1) is 12.8 Å². The van der Waals surface area contributed by atoms with Gasteiger partial charge in [-0.15, -0.1) is 0 Å². The molecule has 0 amide bonds. The molecule has 0 spiro atoms. The maximum Gasteiger partial charge on any atom is 0.203 e. The number of aliphatic hydroxyl groups is 1. The Labute approximate surface area is 182 Å². The van der Waals surface area contributed by atoms with Crippen LogP contribution in [0.4, 0.5) is 0 Å². The minimum atomic E-state index is -0.197. The van der Waals surface area contributed by atoms with Gasteiger partial charge in [0.2, 0.25) is 4.77 Å². The molecule has 1 aliphatic rings. The van der Waals surface area contributed by atoms with Crippen molar-refractivity contribution in [3.63, 3.8) is 0 Å². The van der Waals surface area contributed by atoms with Crippen LogP contribution in [0.25, 0.3) is 5.69 Å². The second-order valence-electron chi connectivity index (χ2n) is 7.87. The van der Waals surface area contributed by atoms with Crippen LogP contribution in [0.3, 0.4) is 0 Å². The van der Waals surface area contributed by atoms with Crippen molar-refractivity contribution in [1.82, 2.24) is 19.2 Å². The summed E-state index contributed by atoms with van der Waals surface area (Å²) in [7, 11) is 0. The molecule has 0 radical (unpaired) electrons. The summed E-state index contributed by atoms with van der Waals surface area (Å²) in [6, 6.07) is 16.2. The summed E-state index contributed by atoms with van der Waals surface area (Å²) < 4.78 is 10.7. The smallest absolute Gasteiger partial charge is 0.203 e. The van der Waals surface area contributed by atoms with Crippen molar-refractivity contribution in [3.05, 3.63) is 70.3 Å². The molecule has 0 unspecified atom stereocenters. The lowest BCUT2D eigenvalue weighted by Gasteiger charge is -2.28. The number of aryl methyl sites for hydroxylation is 2. The zero-order valence-electron chi connectivity index (χ0n) is 17.5. The summed E-state index contributed by atoms with van der Waals surface area (Å²) >= 11 is 5.80. The lowest BCUT2D eigenvalue weighted by Crippen LogP contribution is -2.37. The predicted octanol–water partition coefficient (Wildman–Crippen LogP) is 4.01. The Bertz CT molecular complexity index is 1030. The topological polar surface area (TPSA) is 55.4 Å². The van der Waals surface area contributed by atoms with Crippen molar-refractivity contribution in [2.24, 2.45) is 0 Å². The molecule has 0 atom stereocenters. The number of likely N-dealkylation sites (tertiary alicyclic amines) is 1. The van der Waals surface area contributed by atoms with Crippen molar-refractivity contribution >= 4 is 12.2 Å². The van der Waals surface area contributed by atoms with E-state index in [-0.39, 0.29) is 6.10 Å². The minimum Gasteiger partial charge on any atom is -0.485 e. The third-order valence-electron chi connectivity index (χ3n) is 5.57. The van der Waals surface area contributed by atoms with Gasteiger partial charge in [0.15, 0.2) is 5.82 Å². The fourth-order valence-corrected chi connectivity index (χ4v) is 4.20. The van der Waals surface area contributed by atoms with Crippen LogP contribution in [0.15, 0.2) is 48.5 Å². The van der Waals surface area contributed by atoms with Crippen molar-refractivity contribution in [2.75, 3.05) is 13.1 Å². The fourth-order valence-electron chi connectivity index (χ4n) is 3.89. The van der Waals surface area contributed by atoms with E-state index < -0.39 is 0 Å². The monoisotopic (exact) mass is 424 g/mol. The first-order valence-corrected chi connectivity index (χ1v) is 10.8. The van der Waals surface area contributed by atoms with Crippen LogP contribution in [-0.2, 0) is 13.3 Å². The molecule has 158 valence electrons. The standard InChI is InChI=1S/C23H28N4O2S/c1-17-7-6-8-18(2)22(17)29-15-21-24-26(16-25-13-11-20(28)12-14-25)23(30)27(21)19-9-4-3-5-10-19/h3-10,20,28H,11-16H2,1-2H3. The summed E-state index contributed by atoms with van der Waals surface area (Å²) in [5, 5.41) is 14.6. The number of aliphatic hydroxyl groups excluding tert-OH is 1. The number of benzene rings is 2. The van der Waals surface area contributed by atoms with Crippen LogP contribution in [0, 0.1) is 18.6 Å². The van der Waals surface area contributed by atoms with E-state index in [4.69, 9.17) is 22.1 Å². The number of ether oxygens (including phenoxy) is 1. The summed E-state index contributed by atoms with van der Waals surface area (Å²) in [6.07, 6.45) is 1.38. The Hall–Kier alpha value is -2.48. The Kier molecular flexibility index (Phi) is 6.32. The second-order valence-corrected chi connectivity index (χ2v) is 8.23. The molecule has 1 aromatic heterocycles. The molecule has 0 saturated carbocycles. The molecule has 6 nitrogen and oxygen atoms in total. The zero-order chi connectivity index (χ0) is 21.1. The maximum absolute atomic E-state index is 9.78. The Balaban J connectivity index is 1.63. The van der Waals surface area contributed by atoms with Crippen LogP contribution in [0.1, 0.15) is 29.8 Å². The summed E-state index contributed by atoms with van der Waals surface area (Å²) in [6.45, 7) is 6.73. The highest BCUT2D eigenvalue weighted by Gasteiger charge is 2.20. The first-order valence-electron chi connectivity index (χ1n) is 10.4. The Morgan fingerprint density at radius 1 is 1.03 bits per heavy atom. The first-order chi connectivity index (χ1) is 14.5. The lowest BCUT2D eigenvalue weighted by molar-refractivity contribution is 0.0649. The second kappa shape index (κ2) is 9.12. The lowest BCUT2D eigenvalue weighted by atomic mass is 10.1. The van der Waals surface area contributed by atoms with Gasteiger partial charge in [-0.3, -0.25) is 9.47 Å². The van der Waals surface area contributed by atoms with Crippen LogP contribution in [0.5, 0.6) is 5.75 Å². The molecule has 1 N–H and O–H groups in total. The predicted molar refractivity (Wildman–Crippen MR) is 119 cm³/mol. The van der Waals surface area contributed by atoms with E-state index in [1.165, 1.54) is 0 Å². The van der Waals surface area contributed by atoms with Crippen molar-refractivity contribution in [1.29, 1.82) is 0 Å². The minimum absolute atomic E-state index is 0.197. The number of rotatable bonds is 6. The van der Waals surface area contributed by atoms with Gasteiger partial charge in [-0.25, -0.2) is 4.68 Å². The van der Waals surface area contributed by atoms with E-state index in [1.54, 1.807) is 0 Å². The molecule has 0 bridgehead atoms. The van der Waals surface area contributed by atoms with Crippen LogP contribution in [0.2, 0.25) is 0 Å². The first kappa shape index (κ1) is 20.8. The van der Waals surface area contributed by atoms with E-state index >= 15 is 0 Å². The SMILES string of the molecule is Cc1cccc(C)c1OCc1nn(CN2CCC(O)CC2)c(=S)n1-c1ccccc1. The highest BCUT2D eigenvalue weighted by atomic mass is 32.1. The Morgan fingerprint density at radius 3 is 2.37 bits per heavy atom. The van der Waals surface area contributed by atoms with Crippen LogP contribution >= 0.6 is 12.2 Å². The molecule has 1 saturated heterocycles. The third-order valence-corrected chi connectivity index (χ3v) is 5.96. The van der Waals surface area contributed by atoms with E-state index in [0.717, 1.165) is 54.3 Å². The molecular weight excluding hydrogens is 396 g/mol. The molecule has 0 aliphatic carbocycles. The number of para-hydroxylation sites is 2. The van der Waals surface area contributed by atoms with Crippen molar-refractivity contribution in [2.45, 2.75) is 46.1 Å². The quantitative estimate of drug-likeness (QED) is 0.606. The van der Waals surface area contributed by atoms with Crippen LogP contribution in [-0.4, -0.2) is 43.5 Å². The average Bonchev–Trinajstić information content (AvgIpc) is 3.05. The summed E-state index contributed by atoms with van der Waals surface area (Å²) in [5.74, 6) is 1.66. The maximum atomic E-state index is 9.78. The molecular formula is C23H28N4O2S.